The summed E-state index contributed by atoms with van der Waals surface area (Å²) in [6, 6.07) is 0.635. The number of aliphatic carboxylic acids is 1. The van der Waals surface area contributed by atoms with Crippen LogP contribution in [-0.2, 0) is 4.79 Å². The molecule has 0 spiro atoms. The minimum atomic E-state index is -0.633. The maximum absolute atomic E-state index is 10.9. The molecule has 2 fully saturated rings. The standard InChI is InChI=1S/C13H24N2O2/c1-14(2)9-11-4-3-7-15(11)10-13(5-6-13)8-12(16)17/h11H,3-10H2,1-2H3,(H,16,17). The van der Waals surface area contributed by atoms with Gasteiger partial charge in [0.15, 0.2) is 0 Å². The Bertz CT molecular complexity index is 287. The lowest BCUT2D eigenvalue weighted by Gasteiger charge is -2.30. The normalized spacial score (nSPS) is 27.6. The van der Waals surface area contributed by atoms with Gasteiger partial charge in [0.2, 0.25) is 0 Å². The predicted octanol–water partition coefficient (Wildman–Crippen LogP) is 1.27. The van der Waals surface area contributed by atoms with Crippen molar-refractivity contribution in [1.29, 1.82) is 0 Å². The van der Waals surface area contributed by atoms with Crippen molar-refractivity contribution in [3.63, 3.8) is 0 Å². The molecule has 4 heteroatoms. The Morgan fingerprint density at radius 3 is 2.71 bits per heavy atom. The Balaban J connectivity index is 1.87. The van der Waals surface area contributed by atoms with Crippen molar-refractivity contribution < 1.29 is 9.90 Å². The number of rotatable bonds is 6. The van der Waals surface area contributed by atoms with E-state index in [0.717, 1.165) is 32.5 Å². The quantitative estimate of drug-likeness (QED) is 0.759. The van der Waals surface area contributed by atoms with Crippen molar-refractivity contribution in [2.24, 2.45) is 5.41 Å². The van der Waals surface area contributed by atoms with Crippen molar-refractivity contribution in [1.82, 2.24) is 9.80 Å². The summed E-state index contributed by atoms with van der Waals surface area (Å²) in [4.78, 5) is 15.6. The van der Waals surface area contributed by atoms with Gasteiger partial charge in [0.05, 0.1) is 6.42 Å². The smallest absolute Gasteiger partial charge is 0.303 e. The molecule has 98 valence electrons. The van der Waals surface area contributed by atoms with Crippen LogP contribution in [0.1, 0.15) is 32.1 Å². The highest BCUT2D eigenvalue weighted by atomic mass is 16.4. The molecule has 0 aromatic rings. The zero-order chi connectivity index (χ0) is 12.5. The Morgan fingerprint density at radius 1 is 1.47 bits per heavy atom. The molecule has 0 radical (unpaired) electrons. The van der Waals surface area contributed by atoms with E-state index >= 15 is 0 Å². The molecule has 2 rings (SSSR count). The highest BCUT2D eigenvalue weighted by Gasteiger charge is 2.46. The van der Waals surface area contributed by atoms with Gasteiger partial charge in [-0.1, -0.05) is 0 Å². The lowest BCUT2D eigenvalue weighted by atomic mass is 10.0. The molecule has 1 saturated heterocycles. The highest BCUT2D eigenvalue weighted by Crippen LogP contribution is 2.50. The molecule has 1 aliphatic carbocycles. The highest BCUT2D eigenvalue weighted by molar-refractivity contribution is 5.68. The van der Waals surface area contributed by atoms with Gasteiger partial charge in [0, 0.05) is 19.1 Å². The fourth-order valence-electron chi connectivity index (χ4n) is 3.05. The summed E-state index contributed by atoms with van der Waals surface area (Å²) < 4.78 is 0. The summed E-state index contributed by atoms with van der Waals surface area (Å²) in [5.41, 5.74) is 0.112. The van der Waals surface area contributed by atoms with Crippen LogP contribution in [-0.4, -0.2) is 60.6 Å². The van der Waals surface area contributed by atoms with Crippen LogP contribution in [0.2, 0.25) is 0 Å². The third-order valence-corrected chi connectivity index (χ3v) is 4.10. The monoisotopic (exact) mass is 240 g/mol. The molecule has 1 heterocycles. The topological polar surface area (TPSA) is 43.8 Å². The predicted molar refractivity (Wildman–Crippen MR) is 67.1 cm³/mol. The molecular formula is C13H24N2O2. The second-order valence-corrected chi connectivity index (χ2v) is 6.10. The van der Waals surface area contributed by atoms with Crippen LogP contribution in [0.4, 0.5) is 0 Å². The number of likely N-dealkylation sites (N-methyl/N-ethyl adjacent to an activating group) is 1. The van der Waals surface area contributed by atoms with E-state index in [9.17, 15) is 4.79 Å². The molecule has 2 aliphatic rings. The first-order valence-corrected chi connectivity index (χ1v) is 6.61. The number of carbonyl (C=O) groups is 1. The van der Waals surface area contributed by atoms with E-state index in [1.54, 1.807) is 0 Å². The molecule has 1 aliphatic heterocycles. The average Bonchev–Trinajstić information content (AvgIpc) is 2.80. The van der Waals surface area contributed by atoms with Crippen LogP contribution < -0.4 is 0 Å². The Labute approximate surface area is 104 Å². The van der Waals surface area contributed by atoms with Gasteiger partial charge in [-0.3, -0.25) is 9.69 Å². The van der Waals surface area contributed by atoms with Crippen LogP contribution in [0.3, 0.4) is 0 Å². The molecule has 4 nitrogen and oxygen atoms in total. The number of hydrogen-bond acceptors (Lipinski definition) is 3. The molecule has 0 bridgehead atoms. The Morgan fingerprint density at radius 2 is 2.18 bits per heavy atom. The summed E-state index contributed by atoms with van der Waals surface area (Å²) in [5.74, 6) is -0.633. The zero-order valence-electron chi connectivity index (χ0n) is 11.0. The van der Waals surface area contributed by atoms with Crippen LogP contribution in [0.25, 0.3) is 0 Å². The first-order valence-electron chi connectivity index (χ1n) is 6.61. The van der Waals surface area contributed by atoms with Crippen molar-refractivity contribution in [2.45, 2.75) is 38.1 Å². The average molecular weight is 240 g/mol. The Hall–Kier alpha value is -0.610. The Kier molecular flexibility index (Phi) is 3.73. The minimum Gasteiger partial charge on any atom is -0.481 e. The summed E-state index contributed by atoms with van der Waals surface area (Å²) >= 11 is 0. The molecule has 0 aromatic carbocycles. The van der Waals surface area contributed by atoms with Crippen LogP contribution in [0, 0.1) is 5.41 Å². The van der Waals surface area contributed by atoms with Crippen LogP contribution in [0.5, 0.6) is 0 Å². The largest absolute Gasteiger partial charge is 0.481 e. The molecule has 1 saturated carbocycles. The summed E-state index contributed by atoms with van der Waals surface area (Å²) in [5, 5.41) is 8.95. The minimum absolute atomic E-state index is 0.112. The summed E-state index contributed by atoms with van der Waals surface area (Å²) in [6.07, 6.45) is 5.09. The third-order valence-electron chi connectivity index (χ3n) is 4.10. The van der Waals surface area contributed by atoms with E-state index in [4.69, 9.17) is 5.11 Å². The number of hydrogen-bond donors (Lipinski definition) is 1. The van der Waals surface area contributed by atoms with E-state index in [-0.39, 0.29) is 5.41 Å². The molecule has 1 N–H and O–H groups in total. The van der Waals surface area contributed by atoms with Crippen molar-refractivity contribution in [3.8, 4) is 0 Å². The van der Waals surface area contributed by atoms with Crippen molar-refractivity contribution in [2.75, 3.05) is 33.7 Å². The lowest BCUT2D eigenvalue weighted by molar-refractivity contribution is -0.138. The maximum atomic E-state index is 10.9. The molecule has 17 heavy (non-hydrogen) atoms. The zero-order valence-corrected chi connectivity index (χ0v) is 11.0. The number of carboxylic acid groups (broad SMARTS) is 1. The van der Waals surface area contributed by atoms with Crippen molar-refractivity contribution in [3.05, 3.63) is 0 Å². The van der Waals surface area contributed by atoms with Gasteiger partial charge in [-0.05, 0) is 51.7 Å². The summed E-state index contributed by atoms with van der Waals surface area (Å²) in [7, 11) is 4.22. The van der Waals surface area contributed by atoms with E-state index in [1.165, 1.54) is 12.8 Å². The van der Waals surface area contributed by atoms with Crippen molar-refractivity contribution >= 4 is 5.97 Å². The number of likely N-dealkylation sites (tertiary alicyclic amines) is 1. The van der Waals surface area contributed by atoms with E-state index in [1.807, 2.05) is 0 Å². The van der Waals surface area contributed by atoms with Crippen LogP contribution in [0.15, 0.2) is 0 Å². The lowest BCUT2D eigenvalue weighted by Crippen LogP contribution is -2.41. The second-order valence-electron chi connectivity index (χ2n) is 6.10. The van der Waals surface area contributed by atoms with Gasteiger partial charge >= 0.3 is 5.97 Å². The van der Waals surface area contributed by atoms with Gasteiger partial charge in [-0.25, -0.2) is 0 Å². The van der Waals surface area contributed by atoms with E-state index in [2.05, 4.69) is 23.9 Å². The SMILES string of the molecule is CN(C)CC1CCCN1CC1(CC(=O)O)CC1. The van der Waals surface area contributed by atoms with Gasteiger partial charge in [-0.2, -0.15) is 0 Å². The van der Waals surface area contributed by atoms with Gasteiger partial charge in [0.25, 0.3) is 0 Å². The number of nitrogens with zero attached hydrogens (tertiary/aromatic N) is 2. The van der Waals surface area contributed by atoms with E-state index < -0.39 is 5.97 Å². The van der Waals surface area contributed by atoms with E-state index in [0.29, 0.717) is 12.5 Å². The third kappa shape index (κ3) is 3.42. The first kappa shape index (κ1) is 12.8. The molecule has 0 amide bonds. The number of carboxylic acids is 1. The van der Waals surface area contributed by atoms with Gasteiger partial charge < -0.3 is 10.0 Å². The fraction of sp³-hybridized carbons (Fsp3) is 0.923. The first-order chi connectivity index (χ1) is 8.01. The maximum Gasteiger partial charge on any atom is 0.303 e. The molecule has 1 atom stereocenters. The van der Waals surface area contributed by atoms with Gasteiger partial charge in [-0.15, -0.1) is 0 Å². The van der Waals surface area contributed by atoms with Gasteiger partial charge in [0.1, 0.15) is 0 Å². The molecule has 0 aromatic heterocycles. The second kappa shape index (κ2) is 4.94. The molecule has 1 unspecified atom stereocenters. The molecular weight excluding hydrogens is 216 g/mol. The van der Waals surface area contributed by atoms with Crippen LogP contribution >= 0.6 is 0 Å². The fourth-order valence-corrected chi connectivity index (χ4v) is 3.05. The summed E-state index contributed by atoms with van der Waals surface area (Å²) in [6.45, 7) is 3.25.